The molecule has 28 heavy (non-hydrogen) atoms. The van der Waals surface area contributed by atoms with Gasteiger partial charge >= 0.3 is 6.18 Å². The van der Waals surface area contributed by atoms with Crippen molar-refractivity contribution in [1.29, 1.82) is 0 Å². The van der Waals surface area contributed by atoms with Crippen molar-refractivity contribution in [3.8, 4) is 5.75 Å². The maximum Gasteiger partial charge on any atom is 0.401 e. The van der Waals surface area contributed by atoms with Crippen molar-refractivity contribution in [3.05, 3.63) is 29.3 Å². The predicted octanol–water partition coefficient (Wildman–Crippen LogP) is 3.55. The highest BCUT2D eigenvalue weighted by Crippen LogP contribution is 2.75. The third kappa shape index (κ3) is 1.94. The molecule has 1 aromatic carbocycles. The third-order valence-electron chi connectivity index (χ3n) is 9.23. The van der Waals surface area contributed by atoms with Crippen molar-refractivity contribution in [3.63, 3.8) is 0 Å². The maximum absolute atomic E-state index is 13.3. The van der Waals surface area contributed by atoms with Crippen LogP contribution < -0.4 is 0 Å². The van der Waals surface area contributed by atoms with Gasteiger partial charge in [-0.3, -0.25) is 4.90 Å². The molecule has 1 aromatic rings. The normalized spacial score (nSPS) is 44.4. The second-order valence-corrected chi connectivity index (χ2v) is 10.1. The van der Waals surface area contributed by atoms with E-state index >= 15 is 0 Å². The summed E-state index contributed by atoms with van der Waals surface area (Å²) in [5, 5.41) is 10.3. The van der Waals surface area contributed by atoms with Crippen LogP contribution in [0.1, 0.15) is 36.8 Å². The quantitative estimate of drug-likeness (QED) is 0.792. The molecule has 4 bridgehead atoms. The summed E-state index contributed by atoms with van der Waals surface area (Å²) in [4.78, 5) is 4.26. The zero-order chi connectivity index (χ0) is 19.5. The molecule has 4 fully saturated rings. The Morgan fingerprint density at radius 2 is 2.07 bits per heavy atom. The average molecular weight is 392 g/mol. The van der Waals surface area contributed by atoms with Crippen LogP contribution >= 0.6 is 0 Å². The molecule has 1 N–H and O–H groups in total. The van der Waals surface area contributed by atoms with E-state index < -0.39 is 12.7 Å². The van der Waals surface area contributed by atoms with E-state index in [9.17, 15) is 18.3 Å². The van der Waals surface area contributed by atoms with Gasteiger partial charge in [0.05, 0.1) is 6.54 Å². The molecule has 2 aliphatic heterocycles. The number of benzene rings is 1. The third-order valence-corrected chi connectivity index (χ3v) is 9.23. The topological polar surface area (TPSA) is 26.7 Å². The Bertz CT molecular complexity index is 842. The van der Waals surface area contributed by atoms with Crippen molar-refractivity contribution in [2.24, 2.45) is 17.3 Å². The van der Waals surface area contributed by atoms with Crippen LogP contribution in [0.4, 0.5) is 13.2 Å². The molecule has 6 rings (SSSR count). The number of hydrogen-bond donors (Lipinski definition) is 1. The minimum Gasteiger partial charge on any atom is -0.508 e. The Labute approximate surface area is 163 Å². The highest BCUT2D eigenvalue weighted by atomic mass is 19.4. The summed E-state index contributed by atoms with van der Waals surface area (Å²) < 4.78 is 39.8. The van der Waals surface area contributed by atoms with Crippen molar-refractivity contribution >= 4 is 0 Å². The molecular formula is C22H27F3N2O. The van der Waals surface area contributed by atoms with Crippen LogP contribution in [0.25, 0.3) is 0 Å². The lowest BCUT2D eigenvalue weighted by molar-refractivity contribution is -0.158. The van der Waals surface area contributed by atoms with E-state index in [4.69, 9.17) is 0 Å². The van der Waals surface area contributed by atoms with Crippen LogP contribution in [-0.4, -0.2) is 59.8 Å². The van der Waals surface area contributed by atoms with Gasteiger partial charge in [-0.25, -0.2) is 0 Å². The van der Waals surface area contributed by atoms with Crippen LogP contribution in [0.3, 0.4) is 0 Å². The molecule has 0 spiro atoms. The molecule has 2 saturated carbocycles. The highest BCUT2D eigenvalue weighted by Gasteiger charge is 2.75. The van der Waals surface area contributed by atoms with E-state index in [0.29, 0.717) is 30.2 Å². The summed E-state index contributed by atoms with van der Waals surface area (Å²) in [7, 11) is 2.23. The molecule has 5 aliphatic rings. The molecule has 0 aromatic heterocycles. The van der Waals surface area contributed by atoms with Gasteiger partial charge in [-0.2, -0.15) is 13.2 Å². The van der Waals surface area contributed by atoms with Gasteiger partial charge in [-0.15, -0.1) is 0 Å². The Morgan fingerprint density at radius 1 is 1.25 bits per heavy atom. The molecule has 6 heteroatoms. The van der Waals surface area contributed by atoms with Crippen LogP contribution in [0.15, 0.2) is 18.2 Å². The number of rotatable bonds is 1. The minimum atomic E-state index is -4.14. The van der Waals surface area contributed by atoms with Gasteiger partial charge in [-0.1, -0.05) is 6.07 Å². The van der Waals surface area contributed by atoms with E-state index in [0.717, 1.165) is 38.6 Å². The number of likely N-dealkylation sites (N-methyl/N-ethyl adjacent to an activating group) is 1. The van der Waals surface area contributed by atoms with Crippen molar-refractivity contribution in [2.45, 2.75) is 55.8 Å². The number of alkyl halides is 3. The summed E-state index contributed by atoms with van der Waals surface area (Å²) in [6.07, 6.45) is 0.828. The summed E-state index contributed by atoms with van der Waals surface area (Å²) in [6.45, 7) is 0.809. The number of fused-ring (bicyclic) bond motifs is 1. The van der Waals surface area contributed by atoms with Gasteiger partial charge < -0.3 is 10.0 Å². The molecule has 6 atom stereocenters. The Hall–Kier alpha value is -1.27. The summed E-state index contributed by atoms with van der Waals surface area (Å²) in [5.41, 5.74) is 2.67. The summed E-state index contributed by atoms with van der Waals surface area (Å²) in [5.74, 6) is 0.933. The fourth-order valence-electron chi connectivity index (χ4n) is 8.75. The first-order valence-electron chi connectivity index (χ1n) is 10.6. The van der Waals surface area contributed by atoms with Gasteiger partial charge in [0.2, 0.25) is 0 Å². The van der Waals surface area contributed by atoms with Crippen LogP contribution in [0.5, 0.6) is 5.75 Å². The summed E-state index contributed by atoms with van der Waals surface area (Å²) in [6, 6.07) is 6.30. The highest BCUT2D eigenvalue weighted by molar-refractivity contribution is 5.50. The molecule has 2 heterocycles. The van der Waals surface area contributed by atoms with Gasteiger partial charge in [0.25, 0.3) is 0 Å². The first-order chi connectivity index (χ1) is 13.3. The number of nitrogens with zero attached hydrogens (tertiary/aromatic N) is 2. The maximum atomic E-state index is 13.3. The van der Waals surface area contributed by atoms with Crippen LogP contribution in [0.2, 0.25) is 0 Å². The first-order valence-corrected chi connectivity index (χ1v) is 10.6. The van der Waals surface area contributed by atoms with Gasteiger partial charge in [0, 0.05) is 24.0 Å². The molecule has 2 saturated heterocycles. The number of phenols is 1. The first kappa shape index (κ1) is 17.6. The molecule has 5 unspecified atom stereocenters. The van der Waals surface area contributed by atoms with E-state index in [1.807, 2.05) is 6.07 Å². The largest absolute Gasteiger partial charge is 0.508 e. The minimum absolute atomic E-state index is 0.0274. The SMILES string of the molecule is CN1CCC23c4cc(O)ccc4CC1C21CCC2C3[C@@H](CN2CC(F)(F)F)C1. The zero-order valence-corrected chi connectivity index (χ0v) is 16.2. The van der Waals surface area contributed by atoms with E-state index in [1.54, 1.807) is 11.0 Å². The molecule has 3 aliphatic carbocycles. The lowest BCUT2D eigenvalue weighted by atomic mass is 9.43. The lowest BCUT2D eigenvalue weighted by Gasteiger charge is -2.66. The molecule has 0 radical (unpaired) electrons. The number of piperidine rings is 1. The monoisotopic (exact) mass is 392 g/mol. The lowest BCUT2D eigenvalue weighted by Crippen LogP contribution is -2.69. The van der Waals surface area contributed by atoms with Gasteiger partial charge in [0.15, 0.2) is 0 Å². The molecule has 152 valence electrons. The smallest absolute Gasteiger partial charge is 0.401 e. The second kappa shape index (κ2) is 5.25. The van der Waals surface area contributed by atoms with Gasteiger partial charge in [-0.05, 0) is 86.2 Å². The van der Waals surface area contributed by atoms with E-state index in [1.165, 1.54) is 11.1 Å². The fourth-order valence-corrected chi connectivity index (χ4v) is 8.75. The number of hydrogen-bond acceptors (Lipinski definition) is 3. The Kier molecular flexibility index (Phi) is 3.30. The van der Waals surface area contributed by atoms with Crippen molar-refractivity contribution < 1.29 is 18.3 Å². The van der Waals surface area contributed by atoms with Crippen molar-refractivity contribution in [1.82, 2.24) is 9.80 Å². The number of aromatic hydroxyl groups is 1. The van der Waals surface area contributed by atoms with Gasteiger partial charge in [0.1, 0.15) is 5.75 Å². The van der Waals surface area contributed by atoms with Crippen molar-refractivity contribution in [2.75, 3.05) is 26.7 Å². The Balaban J connectivity index is 1.53. The number of likely N-dealkylation sites (tertiary alicyclic amines) is 2. The van der Waals surface area contributed by atoms with E-state index in [2.05, 4.69) is 18.0 Å². The van der Waals surface area contributed by atoms with Crippen LogP contribution in [0, 0.1) is 17.3 Å². The second-order valence-electron chi connectivity index (χ2n) is 10.1. The molecule has 3 nitrogen and oxygen atoms in total. The Morgan fingerprint density at radius 3 is 2.86 bits per heavy atom. The molecular weight excluding hydrogens is 365 g/mol. The molecule has 0 amide bonds. The predicted molar refractivity (Wildman–Crippen MR) is 99.2 cm³/mol. The van der Waals surface area contributed by atoms with Crippen LogP contribution in [-0.2, 0) is 11.8 Å². The standard InChI is InChI=1S/C22H27F3N2O/c1-26-7-6-21-16-9-15(28)3-2-13(16)8-18(26)20(21)5-4-17-19(21)14(10-20)11-27(17)12-22(23,24)25/h2-3,9,14,17-19,28H,4-8,10-12H2,1H3/t14-,17?,18?,19?,20?,21?/m1/s1. The zero-order valence-electron chi connectivity index (χ0n) is 16.2. The average Bonchev–Trinajstić information content (AvgIpc) is 3.02. The fraction of sp³-hybridized carbons (Fsp3) is 0.727. The van der Waals surface area contributed by atoms with E-state index in [-0.39, 0.29) is 16.9 Å². The number of halogens is 3. The summed E-state index contributed by atoms with van der Waals surface area (Å²) >= 11 is 0. The number of phenolic OH excluding ortho intramolecular Hbond substituents is 1.